The minimum Gasteiger partial charge on any atom is -0.467 e. The third-order valence-electron chi connectivity index (χ3n) is 5.00. The molecule has 0 saturated heterocycles. The Hall–Kier alpha value is -3.83. The summed E-state index contributed by atoms with van der Waals surface area (Å²) in [5.41, 5.74) is 2.73. The molecule has 1 aliphatic rings. The molecule has 0 amide bonds. The van der Waals surface area contributed by atoms with Gasteiger partial charge in [0.1, 0.15) is 11.6 Å². The second-order valence-electron chi connectivity index (χ2n) is 7.10. The standard InChI is InChI=1S/C22H16FN5O4S/c23-17-1-3-18(4-2-17)27-21(14-5-7-24-8-6-14)25-26-22(27)33-12-16-10-19(28(29)30)9-15-11-31-13-32-20(15)16/h1-10H,11-13H2. The number of hydrogen-bond acceptors (Lipinski definition) is 8. The van der Waals surface area contributed by atoms with Gasteiger partial charge in [0, 0.05) is 52.7 Å². The molecule has 166 valence electrons. The normalized spacial score (nSPS) is 12.8. The number of ether oxygens (including phenoxy) is 2. The molecule has 0 N–H and O–H groups in total. The van der Waals surface area contributed by atoms with E-state index in [0.717, 1.165) is 5.56 Å². The minimum atomic E-state index is -0.439. The summed E-state index contributed by atoms with van der Waals surface area (Å²) in [6.07, 6.45) is 3.31. The molecule has 0 saturated carbocycles. The highest BCUT2D eigenvalue weighted by Gasteiger charge is 2.23. The average Bonchev–Trinajstić information content (AvgIpc) is 3.27. The van der Waals surface area contributed by atoms with Gasteiger partial charge in [-0.05, 0) is 36.4 Å². The monoisotopic (exact) mass is 465 g/mol. The van der Waals surface area contributed by atoms with Crippen molar-refractivity contribution in [2.45, 2.75) is 17.5 Å². The van der Waals surface area contributed by atoms with Crippen LogP contribution in [0.3, 0.4) is 0 Å². The van der Waals surface area contributed by atoms with E-state index in [9.17, 15) is 14.5 Å². The van der Waals surface area contributed by atoms with Gasteiger partial charge in [-0.1, -0.05) is 11.8 Å². The lowest BCUT2D eigenvalue weighted by atomic mass is 10.1. The Morgan fingerprint density at radius 3 is 2.67 bits per heavy atom. The van der Waals surface area contributed by atoms with Crippen LogP contribution in [-0.2, 0) is 17.1 Å². The zero-order valence-corrected chi connectivity index (χ0v) is 17.9. The molecular weight excluding hydrogens is 449 g/mol. The van der Waals surface area contributed by atoms with Crippen molar-refractivity contribution in [3.05, 3.63) is 88.0 Å². The highest BCUT2D eigenvalue weighted by molar-refractivity contribution is 7.98. The number of hydrogen-bond donors (Lipinski definition) is 0. The number of rotatable bonds is 6. The summed E-state index contributed by atoms with van der Waals surface area (Å²) in [5.74, 6) is 1.15. The number of aromatic nitrogens is 4. The Labute approximate surface area is 191 Å². The summed E-state index contributed by atoms with van der Waals surface area (Å²) in [7, 11) is 0. The fourth-order valence-electron chi connectivity index (χ4n) is 3.51. The molecule has 0 spiro atoms. The smallest absolute Gasteiger partial charge is 0.270 e. The van der Waals surface area contributed by atoms with Gasteiger partial charge in [-0.25, -0.2) is 4.39 Å². The van der Waals surface area contributed by atoms with Gasteiger partial charge in [0.2, 0.25) is 0 Å². The van der Waals surface area contributed by atoms with Crippen LogP contribution in [0.1, 0.15) is 11.1 Å². The number of nitro groups is 1. The molecule has 11 heteroatoms. The molecule has 0 aliphatic carbocycles. The Kier molecular flexibility index (Phi) is 5.71. The summed E-state index contributed by atoms with van der Waals surface area (Å²) in [6.45, 7) is 0.326. The number of nitro benzene ring substituents is 1. The quantitative estimate of drug-likeness (QED) is 0.232. The van der Waals surface area contributed by atoms with Crippen molar-refractivity contribution in [3.63, 3.8) is 0 Å². The van der Waals surface area contributed by atoms with Crippen molar-refractivity contribution < 1.29 is 18.8 Å². The second kappa shape index (κ2) is 8.96. The zero-order valence-electron chi connectivity index (χ0n) is 17.1. The first-order valence-corrected chi connectivity index (χ1v) is 10.8. The molecule has 0 radical (unpaired) electrons. The topological polar surface area (TPSA) is 105 Å². The first-order valence-electron chi connectivity index (χ1n) is 9.85. The van der Waals surface area contributed by atoms with Gasteiger partial charge in [0.05, 0.1) is 11.5 Å². The minimum absolute atomic E-state index is 0.0315. The molecule has 4 aromatic rings. The number of pyridine rings is 1. The fourth-order valence-corrected chi connectivity index (χ4v) is 4.43. The predicted molar refractivity (Wildman–Crippen MR) is 117 cm³/mol. The van der Waals surface area contributed by atoms with E-state index in [1.807, 2.05) is 16.7 Å². The Bertz CT molecular complexity index is 1310. The van der Waals surface area contributed by atoms with Crippen molar-refractivity contribution in [3.8, 4) is 22.8 Å². The molecule has 2 aromatic carbocycles. The molecule has 9 nitrogen and oxygen atoms in total. The maximum absolute atomic E-state index is 13.6. The molecule has 3 heterocycles. The summed E-state index contributed by atoms with van der Waals surface area (Å²) >= 11 is 1.34. The van der Waals surface area contributed by atoms with E-state index < -0.39 is 4.92 Å². The van der Waals surface area contributed by atoms with E-state index >= 15 is 0 Å². The third-order valence-corrected chi connectivity index (χ3v) is 5.97. The van der Waals surface area contributed by atoms with E-state index in [1.54, 1.807) is 24.5 Å². The van der Waals surface area contributed by atoms with Crippen LogP contribution in [0, 0.1) is 15.9 Å². The van der Waals surface area contributed by atoms with Crippen LogP contribution in [-0.4, -0.2) is 31.5 Å². The molecule has 2 aromatic heterocycles. The Morgan fingerprint density at radius 1 is 1.12 bits per heavy atom. The van der Waals surface area contributed by atoms with Crippen molar-refractivity contribution >= 4 is 17.4 Å². The van der Waals surface area contributed by atoms with Gasteiger partial charge >= 0.3 is 0 Å². The van der Waals surface area contributed by atoms with Crippen LogP contribution < -0.4 is 4.74 Å². The van der Waals surface area contributed by atoms with Crippen molar-refractivity contribution in [1.82, 2.24) is 19.7 Å². The maximum Gasteiger partial charge on any atom is 0.270 e. The van der Waals surface area contributed by atoms with E-state index in [4.69, 9.17) is 9.47 Å². The molecule has 5 rings (SSSR count). The van der Waals surface area contributed by atoms with E-state index in [1.165, 1.54) is 36.0 Å². The number of nitrogens with zero attached hydrogens (tertiary/aromatic N) is 5. The van der Waals surface area contributed by atoms with Gasteiger partial charge < -0.3 is 9.47 Å². The molecule has 0 atom stereocenters. The van der Waals surface area contributed by atoms with Crippen LogP contribution in [0.2, 0.25) is 0 Å². The van der Waals surface area contributed by atoms with Crippen LogP contribution in [0.4, 0.5) is 10.1 Å². The molecule has 0 unspecified atom stereocenters. The van der Waals surface area contributed by atoms with E-state index in [-0.39, 0.29) is 24.9 Å². The highest BCUT2D eigenvalue weighted by atomic mass is 32.2. The van der Waals surface area contributed by atoms with Gasteiger partial charge in [0.25, 0.3) is 5.69 Å². The molecule has 1 aliphatic heterocycles. The number of benzene rings is 2. The Balaban J connectivity index is 1.53. The van der Waals surface area contributed by atoms with Gasteiger partial charge in [-0.15, -0.1) is 10.2 Å². The lowest BCUT2D eigenvalue weighted by Gasteiger charge is -2.20. The number of thioether (sulfide) groups is 1. The van der Waals surface area contributed by atoms with Gasteiger partial charge in [-0.2, -0.15) is 0 Å². The highest BCUT2D eigenvalue weighted by Crippen LogP contribution is 2.37. The van der Waals surface area contributed by atoms with Crippen molar-refractivity contribution in [1.29, 1.82) is 0 Å². The summed E-state index contributed by atoms with van der Waals surface area (Å²) in [6, 6.07) is 12.6. The summed E-state index contributed by atoms with van der Waals surface area (Å²) in [5, 5.41) is 20.6. The number of fused-ring (bicyclic) bond motifs is 1. The Morgan fingerprint density at radius 2 is 1.91 bits per heavy atom. The lowest BCUT2D eigenvalue weighted by molar-refractivity contribution is -0.385. The van der Waals surface area contributed by atoms with Crippen LogP contribution in [0.5, 0.6) is 5.75 Å². The summed E-state index contributed by atoms with van der Waals surface area (Å²) in [4.78, 5) is 15.0. The number of non-ortho nitro benzene ring substituents is 1. The van der Waals surface area contributed by atoms with Crippen molar-refractivity contribution in [2.75, 3.05) is 6.79 Å². The first-order chi connectivity index (χ1) is 16.1. The fraction of sp³-hybridized carbons (Fsp3) is 0.136. The second-order valence-corrected chi connectivity index (χ2v) is 8.05. The van der Waals surface area contributed by atoms with E-state index in [2.05, 4.69) is 15.2 Å². The maximum atomic E-state index is 13.6. The number of halogens is 1. The predicted octanol–water partition coefficient (Wildman–Crippen LogP) is 4.54. The molecule has 33 heavy (non-hydrogen) atoms. The van der Waals surface area contributed by atoms with Crippen LogP contribution in [0.25, 0.3) is 17.1 Å². The zero-order chi connectivity index (χ0) is 22.8. The molecular formula is C22H16FN5O4S. The first kappa shape index (κ1) is 21.0. The third kappa shape index (κ3) is 4.28. The van der Waals surface area contributed by atoms with Crippen molar-refractivity contribution in [2.24, 2.45) is 0 Å². The summed E-state index contributed by atoms with van der Waals surface area (Å²) < 4.78 is 26.3. The lowest BCUT2D eigenvalue weighted by Crippen LogP contribution is -2.13. The van der Waals surface area contributed by atoms with Gasteiger partial charge in [-0.3, -0.25) is 19.7 Å². The molecule has 0 bridgehead atoms. The van der Waals surface area contributed by atoms with Gasteiger partial charge in [0.15, 0.2) is 17.8 Å². The van der Waals surface area contributed by atoms with Crippen LogP contribution >= 0.6 is 11.8 Å². The largest absolute Gasteiger partial charge is 0.467 e. The molecule has 0 fully saturated rings. The van der Waals surface area contributed by atoms with Crippen LogP contribution in [0.15, 0.2) is 66.1 Å². The van der Waals surface area contributed by atoms with E-state index in [0.29, 0.717) is 39.3 Å². The average molecular weight is 465 g/mol. The SMILES string of the molecule is O=[N+]([O-])c1cc2c(c(CSc3nnc(-c4ccncc4)n3-c3ccc(F)cc3)c1)OCOC2.